The third-order valence-electron chi connectivity index (χ3n) is 2.81. The summed E-state index contributed by atoms with van der Waals surface area (Å²) in [7, 11) is 0. The zero-order valence-electron chi connectivity index (χ0n) is 12.2. The van der Waals surface area contributed by atoms with Gasteiger partial charge in [-0.25, -0.2) is 0 Å². The van der Waals surface area contributed by atoms with Crippen LogP contribution in [-0.2, 0) is 4.79 Å². The lowest BCUT2D eigenvalue weighted by Crippen LogP contribution is -2.21. The monoisotopic (exact) mass is 296 g/mol. The van der Waals surface area contributed by atoms with E-state index in [1.807, 2.05) is 6.92 Å². The number of carboxylic acids is 1. The lowest BCUT2D eigenvalue weighted by Gasteiger charge is -2.17. The number of carbonyl (C=O) groups is 2. The van der Waals surface area contributed by atoms with Gasteiger partial charge in [0.05, 0.1) is 24.7 Å². The van der Waals surface area contributed by atoms with E-state index in [-0.39, 0.29) is 6.61 Å². The van der Waals surface area contributed by atoms with Gasteiger partial charge in [0.1, 0.15) is 18.1 Å². The molecule has 1 atom stereocenters. The second-order valence-corrected chi connectivity index (χ2v) is 4.64. The van der Waals surface area contributed by atoms with Crippen LogP contribution in [0.3, 0.4) is 0 Å². The van der Waals surface area contributed by atoms with Crippen molar-refractivity contribution in [2.45, 2.75) is 32.8 Å². The van der Waals surface area contributed by atoms with Crippen molar-refractivity contribution < 1.29 is 29.3 Å². The molecular weight excluding hydrogens is 276 g/mol. The fraction of sp³-hybridized carbons (Fsp3) is 0.467. The Hall–Kier alpha value is -2.08. The van der Waals surface area contributed by atoms with Gasteiger partial charge in [-0.3, -0.25) is 9.59 Å². The highest BCUT2D eigenvalue weighted by Crippen LogP contribution is 2.31. The quantitative estimate of drug-likeness (QED) is 0.675. The van der Waals surface area contributed by atoms with Gasteiger partial charge in [-0.2, -0.15) is 0 Å². The number of aliphatic hydroxyl groups is 1. The van der Waals surface area contributed by atoms with Crippen molar-refractivity contribution in [3.63, 3.8) is 0 Å². The van der Waals surface area contributed by atoms with Gasteiger partial charge < -0.3 is 19.7 Å². The normalized spacial score (nSPS) is 11.8. The summed E-state index contributed by atoms with van der Waals surface area (Å²) < 4.78 is 11.0. The molecule has 0 saturated heterocycles. The van der Waals surface area contributed by atoms with Gasteiger partial charge in [-0.1, -0.05) is 6.92 Å². The zero-order valence-corrected chi connectivity index (χ0v) is 12.2. The van der Waals surface area contributed by atoms with Crippen LogP contribution >= 0.6 is 0 Å². The molecule has 1 rings (SSSR count). The molecule has 0 aromatic heterocycles. The minimum atomic E-state index is -1.14. The summed E-state index contributed by atoms with van der Waals surface area (Å²) in [5, 5.41) is 18.1. The van der Waals surface area contributed by atoms with E-state index < -0.39 is 18.5 Å². The maximum atomic E-state index is 11.0. The van der Waals surface area contributed by atoms with E-state index in [0.29, 0.717) is 35.5 Å². The number of hydrogen-bond donors (Lipinski definition) is 2. The molecule has 2 N–H and O–H groups in total. The number of rotatable bonds is 9. The second kappa shape index (κ2) is 8.26. The van der Waals surface area contributed by atoms with E-state index >= 15 is 0 Å². The molecule has 0 heterocycles. The lowest BCUT2D eigenvalue weighted by molar-refractivity contribution is -0.139. The molecule has 0 unspecified atom stereocenters. The van der Waals surface area contributed by atoms with Gasteiger partial charge >= 0.3 is 5.97 Å². The van der Waals surface area contributed by atoms with E-state index in [9.17, 15) is 14.7 Å². The van der Waals surface area contributed by atoms with Crippen LogP contribution in [0, 0.1) is 6.92 Å². The fourth-order valence-electron chi connectivity index (χ4n) is 1.79. The molecule has 0 aliphatic carbocycles. The standard InChI is InChI=1S/C15H20O6/c1-3-6-20-13-5-4-11(8-16)15(10(13)2)21-9-12(17)7-14(18)19/h4-5,8,12,17H,3,6-7,9H2,1-2H3,(H,18,19)/t12-/m1/s1. The van der Waals surface area contributed by atoms with Crippen molar-refractivity contribution >= 4 is 12.3 Å². The van der Waals surface area contributed by atoms with Gasteiger partial charge in [0.15, 0.2) is 6.29 Å². The van der Waals surface area contributed by atoms with Gasteiger partial charge in [0.2, 0.25) is 0 Å². The first-order chi connectivity index (χ1) is 9.99. The van der Waals surface area contributed by atoms with Crippen LogP contribution in [0.5, 0.6) is 11.5 Å². The molecule has 1 aromatic carbocycles. The van der Waals surface area contributed by atoms with E-state index in [1.165, 1.54) is 0 Å². The maximum Gasteiger partial charge on any atom is 0.306 e. The van der Waals surface area contributed by atoms with Crippen molar-refractivity contribution in [2.75, 3.05) is 13.2 Å². The first-order valence-electron chi connectivity index (χ1n) is 6.73. The molecule has 1 aromatic rings. The van der Waals surface area contributed by atoms with Crippen molar-refractivity contribution in [1.29, 1.82) is 0 Å². The van der Waals surface area contributed by atoms with Gasteiger partial charge in [0.25, 0.3) is 0 Å². The first-order valence-corrected chi connectivity index (χ1v) is 6.73. The average Bonchev–Trinajstić information content (AvgIpc) is 2.43. The van der Waals surface area contributed by atoms with Crippen molar-refractivity contribution in [1.82, 2.24) is 0 Å². The Bertz CT molecular complexity index is 497. The highest BCUT2D eigenvalue weighted by Gasteiger charge is 2.15. The van der Waals surface area contributed by atoms with Crippen LogP contribution in [-0.4, -0.2) is 41.8 Å². The van der Waals surface area contributed by atoms with Crippen LogP contribution in [0.15, 0.2) is 12.1 Å². The molecule has 116 valence electrons. The average molecular weight is 296 g/mol. The second-order valence-electron chi connectivity index (χ2n) is 4.64. The Balaban J connectivity index is 2.87. The molecule has 0 radical (unpaired) electrons. The number of aliphatic hydroxyl groups excluding tert-OH is 1. The van der Waals surface area contributed by atoms with Crippen LogP contribution < -0.4 is 9.47 Å². The Morgan fingerprint density at radius 1 is 1.38 bits per heavy atom. The Labute approximate surface area is 123 Å². The van der Waals surface area contributed by atoms with Crippen LogP contribution in [0.2, 0.25) is 0 Å². The lowest BCUT2D eigenvalue weighted by atomic mass is 10.1. The number of carbonyl (C=O) groups excluding carboxylic acids is 1. The van der Waals surface area contributed by atoms with Crippen LogP contribution in [0.25, 0.3) is 0 Å². The Kier molecular flexibility index (Phi) is 6.68. The highest BCUT2D eigenvalue weighted by atomic mass is 16.5. The van der Waals surface area contributed by atoms with Gasteiger partial charge in [-0.15, -0.1) is 0 Å². The van der Waals surface area contributed by atoms with Crippen molar-refractivity contribution in [3.8, 4) is 11.5 Å². The number of hydrogen-bond acceptors (Lipinski definition) is 5. The van der Waals surface area contributed by atoms with Crippen LogP contribution in [0.4, 0.5) is 0 Å². The SMILES string of the molecule is CCCOc1ccc(C=O)c(OC[C@H](O)CC(=O)O)c1C. The summed E-state index contributed by atoms with van der Waals surface area (Å²) in [5.41, 5.74) is 0.981. The molecule has 0 fully saturated rings. The summed E-state index contributed by atoms with van der Waals surface area (Å²) in [5.74, 6) is -0.202. The van der Waals surface area contributed by atoms with E-state index in [2.05, 4.69) is 0 Å². The molecule has 0 saturated carbocycles. The summed E-state index contributed by atoms with van der Waals surface area (Å²) >= 11 is 0. The predicted octanol–water partition coefficient (Wildman–Crippen LogP) is 1.81. The molecule has 6 heteroatoms. The molecule has 0 spiro atoms. The molecular formula is C15H20O6. The minimum absolute atomic E-state index is 0.203. The Morgan fingerprint density at radius 2 is 2.10 bits per heavy atom. The minimum Gasteiger partial charge on any atom is -0.493 e. The summed E-state index contributed by atoms with van der Waals surface area (Å²) in [6.07, 6.45) is -0.0547. The third kappa shape index (κ3) is 5.07. The first kappa shape index (κ1) is 17.0. The van der Waals surface area contributed by atoms with Gasteiger partial charge in [-0.05, 0) is 25.5 Å². The molecule has 21 heavy (non-hydrogen) atoms. The fourth-order valence-corrected chi connectivity index (χ4v) is 1.79. The Morgan fingerprint density at radius 3 is 2.67 bits per heavy atom. The topological polar surface area (TPSA) is 93.1 Å². The predicted molar refractivity (Wildman–Crippen MR) is 76.1 cm³/mol. The van der Waals surface area contributed by atoms with Crippen molar-refractivity contribution in [3.05, 3.63) is 23.3 Å². The molecule has 0 bridgehead atoms. The summed E-state index contributed by atoms with van der Waals surface area (Å²) in [6.45, 7) is 4.07. The molecule has 0 aliphatic heterocycles. The van der Waals surface area contributed by atoms with Crippen molar-refractivity contribution in [2.24, 2.45) is 0 Å². The van der Waals surface area contributed by atoms with E-state index in [1.54, 1.807) is 19.1 Å². The number of aliphatic carboxylic acids is 1. The summed E-state index contributed by atoms with van der Waals surface area (Å²) in [4.78, 5) is 21.5. The third-order valence-corrected chi connectivity index (χ3v) is 2.81. The maximum absolute atomic E-state index is 11.0. The largest absolute Gasteiger partial charge is 0.493 e. The molecule has 0 aliphatic rings. The zero-order chi connectivity index (χ0) is 15.8. The highest BCUT2D eigenvalue weighted by molar-refractivity contribution is 5.81. The number of benzene rings is 1. The van der Waals surface area contributed by atoms with Crippen LogP contribution in [0.1, 0.15) is 35.7 Å². The van der Waals surface area contributed by atoms with E-state index in [4.69, 9.17) is 14.6 Å². The van der Waals surface area contributed by atoms with E-state index in [0.717, 1.165) is 6.42 Å². The number of carboxylic acid groups (broad SMARTS) is 1. The molecule has 0 amide bonds. The molecule has 6 nitrogen and oxygen atoms in total. The van der Waals surface area contributed by atoms with Gasteiger partial charge in [0, 0.05) is 5.56 Å². The number of aldehydes is 1. The summed E-state index contributed by atoms with van der Waals surface area (Å²) in [6, 6.07) is 3.26. The number of ether oxygens (including phenoxy) is 2. The smallest absolute Gasteiger partial charge is 0.306 e.